The second kappa shape index (κ2) is 8.77. The first-order chi connectivity index (χ1) is 16.4. The number of amides is 1. The zero-order valence-corrected chi connectivity index (χ0v) is 20.0. The maximum atomic E-state index is 13.6. The highest BCUT2D eigenvalue weighted by Crippen LogP contribution is 2.33. The zero-order valence-electron chi connectivity index (χ0n) is 20.0. The van der Waals surface area contributed by atoms with Crippen LogP contribution in [0.4, 0.5) is 5.82 Å². The van der Waals surface area contributed by atoms with Gasteiger partial charge in [0.2, 0.25) is 0 Å². The summed E-state index contributed by atoms with van der Waals surface area (Å²) in [6, 6.07) is 7.95. The fourth-order valence-corrected chi connectivity index (χ4v) is 5.23. The maximum Gasteiger partial charge on any atom is 0.254 e. The molecule has 3 atom stereocenters. The molecule has 176 valence electrons. The van der Waals surface area contributed by atoms with Crippen molar-refractivity contribution >= 4 is 17.4 Å². The molecule has 1 N–H and O–H groups in total. The van der Waals surface area contributed by atoms with Crippen molar-refractivity contribution in [1.29, 1.82) is 0 Å². The molecule has 2 aliphatic heterocycles. The van der Waals surface area contributed by atoms with Gasteiger partial charge >= 0.3 is 0 Å². The lowest BCUT2D eigenvalue weighted by Gasteiger charge is -2.35. The van der Waals surface area contributed by atoms with Crippen molar-refractivity contribution in [3.05, 3.63) is 58.4 Å². The minimum Gasteiger partial charge on any atom is -0.390 e. The van der Waals surface area contributed by atoms with Crippen LogP contribution in [-0.2, 0) is 0 Å². The average Bonchev–Trinajstić information content (AvgIpc) is 3.42. The minimum atomic E-state index is -0.546. The highest BCUT2D eigenvalue weighted by Gasteiger charge is 2.33. The van der Waals surface area contributed by atoms with Crippen LogP contribution in [0.3, 0.4) is 0 Å². The number of aliphatic hydroxyl groups is 1. The number of aromatic nitrogens is 3. The third-order valence-corrected chi connectivity index (χ3v) is 7.16. The van der Waals surface area contributed by atoms with E-state index in [1.807, 2.05) is 61.0 Å². The zero-order chi connectivity index (χ0) is 24.0. The normalized spacial score (nSPS) is 22.9. The lowest BCUT2D eigenvalue weighted by atomic mass is 9.96. The molecule has 0 saturated carbocycles. The van der Waals surface area contributed by atoms with Crippen LogP contribution in [-0.4, -0.2) is 56.2 Å². The summed E-state index contributed by atoms with van der Waals surface area (Å²) in [5, 5.41) is 15.1. The third-order valence-electron chi connectivity index (χ3n) is 7.16. The molecular formula is C27H31N5O2. The summed E-state index contributed by atoms with van der Waals surface area (Å²) in [7, 11) is 0. The van der Waals surface area contributed by atoms with E-state index < -0.39 is 6.10 Å². The lowest BCUT2D eigenvalue weighted by molar-refractivity contribution is 0.0605. The van der Waals surface area contributed by atoms with Gasteiger partial charge < -0.3 is 14.9 Å². The van der Waals surface area contributed by atoms with Gasteiger partial charge in [-0.1, -0.05) is 23.6 Å². The van der Waals surface area contributed by atoms with E-state index in [0.717, 1.165) is 65.2 Å². The van der Waals surface area contributed by atoms with Gasteiger partial charge in [-0.2, -0.15) is 5.10 Å². The number of fused-ring (bicyclic) bond motifs is 1. The molecule has 2 fully saturated rings. The first-order valence-corrected chi connectivity index (χ1v) is 12.0. The van der Waals surface area contributed by atoms with Crippen LogP contribution < -0.4 is 4.90 Å². The number of β-amino-alcohol motifs (C(OH)–C–C–N with tert-alkyl or cyclic N) is 1. The fraction of sp³-hybridized carbons (Fsp3) is 0.444. The van der Waals surface area contributed by atoms with Crippen molar-refractivity contribution in [2.45, 2.75) is 52.2 Å². The van der Waals surface area contributed by atoms with E-state index in [0.29, 0.717) is 13.1 Å². The molecule has 34 heavy (non-hydrogen) atoms. The SMILES string of the molecule is C#CC1CN(c2nc3cc([C@@H]4CCCCN4C(=O)c4cc(C)ccc4C)nn3cc2C)C[C@@H]1O. The molecule has 0 spiro atoms. The molecule has 2 saturated heterocycles. The van der Waals surface area contributed by atoms with Crippen LogP contribution in [0, 0.1) is 39.0 Å². The number of carbonyl (C=O) groups excluding carboxylic acids is 1. The van der Waals surface area contributed by atoms with E-state index >= 15 is 0 Å². The van der Waals surface area contributed by atoms with Gasteiger partial charge in [0.15, 0.2) is 5.65 Å². The number of piperidine rings is 1. The summed E-state index contributed by atoms with van der Waals surface area (Å²) in [5.41, 5.74) is 5.42. The van der Waals surface area contributed by atoms with E-state index in [-0.39, 0.29) is 17.9 Å². The topological polar surface area (TPSA) is 74.0 Å². The van der Waals surface area contributed by atoms with Crippen molar-refractivity contribution in [1.82, 2.24) is 19.5 Å². The number of rotatable bonds is 3. The Hall–Kier alpha value is -3.37. The van der Waals surface area contributed by atoms with Crippen LogP contribution in [0.15, 0.2) is 30.5 Å². The number of aliphatic hydroxyl groups excluding tert-OH is 1. The Kier molecular flexibility index (Phi) is 5.78. The summed E-state index contributed by atoms with van der Waals surface area (Å²) in [5.74, 6) is 3.38. The Balaban J connectivity index is 1.47. The molecule has 2 aromatic heterocycles. The molecule has 0 bridgehead atoms. The van der Waals surface area contributed by atoms with Gasteiger partial charge in [-0.3, -0.25) is 4.79 Å². The highest BCUT2D eigenvalue weighted by atomic mass is 16.3. The molecule has 1 amide bonds. The van der Waals surface area contributed by atoms with Crippen molar-refractivity contribution in [3.63, 3.8) is 0 Å². The molecule has 5 rings (SSSR count). The Labute approximate surface area is 200 Å². The molecule has 3 aromatic rings. The number of anilines is 1. The number of hydrogen-bond donors (Lipinski definition) is 1. The summed E-state index contributed by atoms with van der Waals surface area (Å²) < 4.78 is 1.80. The third kappa shape index (κ3) is 3.92. The van der Waals surface area contributed by atoms with Crippen molar-refractivity contribution < 1.29 is 9.90 Å². The van der Waals surface area contributed by atoms with Crippen molar-refractivity contribution in [2.24, 2.45) is 5.92 Å². The van der Waals surface area contributed by atoms with E-state index in [2.05, 4.69) is 5.92 Å². The number of hydrogen-bond acceptors (Lipinski definition) is 5. The second-order valence-corrected chi connectivity index (χ2v) is 9.69. The van der Waals surface area contributed by atoms with Crippen LogP contribution in [0.25, 0.3) is 5.65 Å². The second-order valence-electron chi connectivity index (χ2n) is 9.69. The number of benzene rings is 1. The first-order valence-electron chi connectivity index (χ1n) is 12.0. The highest BCUT2D eigenvalue weighted by molar-refractivity contribution is 5.96. The Morgan fingerprint density at radius 3 is 2.74 bits per heavy atom. The van der Waals surface area contributed by atoms with Crippen molar-refractivity contribution in [3.8, 4) is 12.3 Å². The lowest BCUT2D eigenvalue weighted by Crippen LogP contribution is -2.39. The van der Waals surface area contributed by atoms with Crippen LogP contribution in [0.2, 0.25) is 0 Å². The van der Waals surface area contributed by atoms with E-state index in [4.69, 9.17) is 16.5 Å². The quantitative estimate of drug-likeness (QED) is 0.610. The molecule has 1 aromatic carbocycles. The van der Waals surface area contributed by atoms with Gasteiger partial charge in [-0.15, -0.1) is 6.42 Å². The number of carbonyl (C=O) groups is 1. The number of nitrogens with zero attached hydrogens (tertiary/aromatic N) is 5. The predicted octanol–water partition coefficient (Wildman–Crippen LogP) is 3.45. The number of aryl methyl sites for hydroxylation is 3. The van der Waals surface area contributed by atoms with Gasteiger partial charge in [0, 0.05) is 43.0 Å². The minimum absolute atomic E-state index is 0.0687. The van der Waals surface area contributed by atoms with E-state index in [9.17, 15) is 9.90 Å². The largest absolute Gasteiger partial charge is 0.390 e. The van der Waals surface area contributed by atoms with Crippen LogP contribution >= 0.6 is 0 Å². The number of likely N-dealkylation sites (tertiary alicyclic amines) is 1. The Bertz CT molecular complexity index is 1290. The summed E-state index contributed by atoms with van der Waals surface area (Å²) in [6.45, 7) is 7.79. The van der Waals surface area contributed by atoms with E-state index in [1.54, 1.807) is 4.52 Å². The summed E-state index contributed by atoms with van der Waals surface area (Å²) in [4.78, 5) is 22.5. The first kappa shape index (κ1) is 22.4. The molecule has 0 radical (unpaired) electrons. The standard InChI is InChI=1S/C27H31N5O2/c1-5-20-15-30(16-24(20)33)26-19(4)14-32-25(28-26)13-22(29-32)23-8-6-7-11-31(23)27(34)21-12-17(2)9-10-18(21)3/h1,9-10,12-14,20,23-24,33H,6-8,11,15-16H2,2-4H3/t20?,23-,24-/m0/s1. The van der Waals surface area contributed by atoms with Crippen LogP contribution in [0.1, 0.15) is 58.0 Å². The molecule has 4 heterocycles. The molecule has 7 heteroatoms. The van der Waals surface area contributed by atoms with E-state index in [1.165, 1.54) is 0 Å². The number of terminal acetylenes is 1. The summed E-state index contributed by atoms with van der Waals surface area (Å²) >= 11 is 0. The van der Waals surface area contributed by atoms with Crippen molar-refractivity contribution in [2.75, 3.05) is 24.5 Å². The van der Waals surface area contributed by atoms with Gasteiger partial charge in [-0.25, -0.2) is 9.50 Å². The smallest absolute Gasteiger partial charge is 0.254 e. The van der Waals surface area contributed by atoms with Gasteiger partial charge in [0.25, 0.3) is 5.91 Å². The monoisotopic (exact) mass is 457 g/mol. The Morgan fingerprint density at radius 2 is 1.97 bits per heavy atom. The van der Waals surface area contributed by atoms with Gasteiger partial charge in [0.05, 0.1) is 23.8 Å². The maximum absolute atomic E-state index is 13.6. The molecule has 1 unspecified atom stereocenters. The Morgan fingerprint density at radius 1 is 1.15 bits per heavy atom. The van der Waals surface area contributed by atoms with Gasteiger partial charge in [0.1, 0.15) is 5.82 Å². The van der Waals surface area contributed by atoms with Gasteiger partial charge in [-0.05, 0) is 51.7 Å². The predicted molar refractivity (Wildman–Crippen MR) is 132 cm³/mol. The average molecular weight is 458 g/mol. The summed E-state index contributed by atoms with van der Waals surface area (Å²) in [6.07, 6.45) is 9.94. The molecule has 2 aliphatic rings. The molecule has 0 aliphatic carbocycles. The molecular weight excluding hydrogens is 426 g/mol. The fourth-order valence-electron chi connectivity index (χ4n) is 5.23. The van der Waals surface area contributed by atoms with Crippen LogP contribution in [0.5, 0.6) is 0 Å². The molecule has 7 nitrogen and oxygen atoms in total.